The Bertz CT molecular complexity index is 393. The minimum Gasteiger partial charge on any atom is -0.368 e. The number of anilines is 2. The molecule has 0 bridgehead atoms. The molecular formula is C8H8BrClN4O. The summed E-state index contributed by atoms with van der Waals surface area (Å²) in [5, 5.41) is 0.239. The van der Waals surface area contributed by atoms with Crippen molar-refractivity contribution in [2.45, 2.75) is 11.2 Å². The minimum absolute atomic E-state index is 0.00559. The summed E-state index contributed by atoms with van der Waals surface area (Å²) in [7, 11) is 0. The van der Waals surface area contributed by atoms with Crippen molar-refractivity contribution in [3.63, 3.8) is 0 Å². The van der Waals surface area contributed by atoms with Gasteiger partial charge in [-0.25, -0.2) is 4.98 Å². The van der Waals surface area contributed by atoms with E-state index in [4.69, 9.17) is 17.3 Å². The number of hydrogen-bond acceptors (Lipinski definition) is 4. The summed E-state index contributed by atoms with van der Waals surface area (Å²) in [6.07, 6.45) is 0.460. The van der Waals surface area contributed by atoms with Crippen LogP contribution in [0.15, 0.2) is 6.07 Å². The van der Waals surface area contributed by atoms with Crippen molar-refractivity contribution >= 4 is 45.2 Å². The summed E-state index contributed by atoms with van der Waals surface area (Å²) < 4.78 is 0. The molecule has 1 amide bonds. The van der Waals surface area contributed by atoms with Crippen molar-refractivity contribution in [2.24, 2.45) is 0 Å². The van der Waals surface area contributed by atoms with E-state index in [1.165, 1.54) is 6.07 Å². The number of carbonyl (C=O) groups excluding carboxylic acids is 1. The molecule has 1 fully saturated rings. The first-order valence-corrected chi connectivity index (χ1v) is 5.60. The topological polar surface area (TPSA) is 72.1 Å². The normalized spacial score (nSPS) is 21.1. The Kier molecular flexibility index (Phi) is 2.79. The van der Waals surface area contributed by atoms with Crippen LogP contribution in [-0.4, -0.2) is 27.2 Å². The second-order valence-electron chi connectivity index (χ2n) is 3.21. The lowest BCUT2D eigenvalue weighted by molar-refractivity contribution is -0.117. The van der Waals surface area contributed by atoms with E-state index in [-0.39, 0.29) is 21.8 Å². The minimum atomic E-state index is 0.00559. The van der Waals surface area contributed by atoms with Gasteiger partial charge in [-0.1, -0.05) is 27.5 Å². The number of aromatic nitrogens is 2. The summed E-state index contributed by atoms with van der Waals surface area (Å²) in [6, 6.07) is 1.53. The van der Waals surface area contributed by atoms with Gasteiger partial charge < -0.3 is 5.73 Å². The van der Waals surface area contributed by atoms with Crippen LogP contribution in [0.5, 0.6) is 0 Å². The number of nitrogens with zero attached hydrogens (tertiary/aromatic N) is 3. The van der Waals surface area contributed by atoms with E-state index in [1.54, 1.807) is 4.90 Å². The third-order valence-electron chi connectivity index (χ3n) is 2.05. The van der Waals surface area contributed by atoms with Crippen molar-refractivity contribution in [2.75, 3.05) is 17.2 Å². The fraction of sp³-hybridized carbons (Fsp3) is 0.375. The molecule has 1 saturated heterocycles. The first-order chi connectivity index (χ1) is 7.06. The second-order valence-corrected chi connectivity index (χ2v) is 4.90. The quantitative estimate of drug-likeness (QED) is 0.623. The van der Waals surface area contributed by atoms with Crippen LogP contribution in [0.25, 0.3) is 0 Å². The lowest BCUT2D eigenvalue weighted by atomic mass is 10.4. The first-order valence-electron chi connectivity index (χ1n) is 4.31. The lowest BCUT2D eigenvalue weighted by Gasteiger charge is -2.14. The molecular weight excluding hydrogens is 283 g/mol. The van der Waals surface area contributed by atoms with Gasteiger partial charge in [-0.3, -0.25) is 9.69 Å². The molecule has 80 valence electrons. The van der Waals surface area contributed by atoms with Crippen molar-refractivity contribution in [3.05, 3.63) is 11.2 Å². The van der Waals surface area contributed by atoms with Crippen LogP contribution in [-0.2, 0) is 4.79 Å². The highest BCUT2D eigenvalue weighted by molar-refractivity contribution is 9.09. The van der Waals surface area contributed by atoms with Crippen LogP contribution in [0, 0.1) is 0 Å². The fourth-order valence-electron chi connectivity index (χ4n) is 1.45. The molecule has 0 saturated carbocycles. The Morgan fingerprint density at radius 1 is 1.60 bits per heavy atom. The third-order valence-corrected chi connectivity index (χ3v) is 2.86. The lowest BCUT2D eigenvalue weighted by Crippen LogP contribution is -2.26. The zero-order valence-electron chi connectivity index (χ0n) is 7.65. The monoisotopic (exact) mass is 290 g/mol. The molecule has 2 rings (SSSR count). The van der Waals surface area contributed by atoms with Crippen LogP contribution >= 0.6 is 27.5 Å². The van der Waals surface area contributed by atoms with Gasteiger partial charge in [0.05, 0.1) is 0 Å². The predicted octanol–water partition coefficient (Wildman–Crippen LogP) is 1.21. The van der Waals surface area contributed by atoms with E-state index in [2.05, 4.69) is 25.9 Å². The Balaban J connectivity index is 2.33. The van der Waals surface area contributed by atoms with Gasteiger partial charge in [0.2, 0.25) is 11.9 Å². The molecule has 1 aliphatic heterocycles. The molecule has 0 aliphatic carbocycles. The number of hydrogen-bond donors (Lipinski definition) is 1. The number of rotatable bonds is 1. The highest BCUT2D eigenvalue weighted by atomic mass is 79.9. The van der Waals surface area contributed by atoms with E-state index in [9.17, 15) is 4.79 Å². The second kappa shape index (κ2) is 3.94. The summed E-state index contributed by atoms with van der Waals surface area (Å²) >= 11 is 9.12. The maximum Gasteiger partial charge on any atom is 0.229 e. The van der Waals surface area contributed by atoms with Gasteiger partial charge in [0.15, 0.2) is 0 Å². The maximum absolute atomic E-state index is 11.6. The molecule has 1 atom stereocenters. The first kappa shape index (κ1) is 10.6. The molecule has 5 nitrogen and oxygen atoms in total. The molecule has 1 unspecified atom stereocenters. The summed E-state index contributed by atoms with van der Waals surface area (Å²) in [6.45, 7) is 0.575. The average Bonchev–Trinajstić information content (AvgIpc) is 2.43. The SMILES string of the molecule is Nc1nc(Cl)cc(N2CC(Br)CC2=O)n1. The van der Waals surface area contributed by atoms with E-state index in [0.29, 0.717) is 18.8 Å². The van der Waals surface area contributed by atoms with Gasteiger partial charge in [-0.05, 0) is 0 Å². The molecule has 1 aromatic heterocycles. The molecule has 7 heteroatoms. The van der Waals surface area contributed by atoms with Gasteiger partial charge in [0, 0.05) is 23.9 Å². The number of halogens is 2. The van der Waals surface area contributed by atoms with Crippen LogP contribution in [0.1, 0.15) is 6.42 Å². The number of nitrogen functional groups attached to an aromatic ring is 1. The number of carbonyl (C=O) groups is 1. The van der Waals surface area contributed by atoms with Crippen molar-refractivity contribution in [1.82, 2.24) is 9.97 Å². The summed E-state index contributed by atoms with van der Waals surface area (Å²) in [5.41, 5.74) is 5.45. The average molecular weight is 292 g/mol. The fourth-order valence-corrected chi connectivity index (χ4v) is 2.20. The zero-order chi connectivity index (χ0) is 11.0. The number of nitrogens with two attached hydrogens (primary N) is 1. The largest absolute Gasteiger partial charge is 0.368 e. The van der Waals surface area contributed by atoms with Gasteiger partial charge in [-0.15, -0.1) is 0 Å². The standard InChI is InChI=1S/C8H8BrClN4O/c9-4-1-7(15)14(3-4)6-2-5(10)12-8(11)13-6/h2,4H,1,3H2,(H2,11,12,13). The van der Waals surface area contributed by atoms with E-state index in [1.807, 2.05) is 0 Å². The van der Waals surface area contributed by atoms with Crippen molar-refractivity contribution in [1.29, 1.82) is 0 Å². The molecule has 0 radical (unpaired) electrons. The Morgan fingerprint density at radius 2 is 2.33 bits per heavy atom. The molecule has 1 aromatic rings. The molecule has 15 heavy (non-hydrogen) atoms. The van der Waals surface area contributed by atoms with Gasteiger partial charge in [-0.2, -0.15) is 4.98 Å². The van der Waals surface area contributed by atoms with Crippen molar-refractivity contribution in [3.8, 4) is 0 Å². The van der Waals surface area contributed by atoms with Crippen LogP contribution < -0.4 is 10.6 Å². The van der Waals surface area contributed by atoms with Crippen LogP contribution in [0.2, 0.25) is 5.15 Å². The van der Waals surface area contributed by atoms with Gasteiger partial charge in [0.1, 0.15) is 11.0 Å². The third kappa shape index (κ3) is 2.21. The maximum atomic E-state index is 11.6. The number of amides is 1. The number of alkyl halides is 1. The highest BCUT2D eigenvalue weighted by Gasteiger charge is 2.30. The van der Waals surface area contributed by atoms with E-state index in [0.717, 1.165) is 0 Å². The Labute approximate surface area is 99.8 Å². The molecule has 0 aromatic carbocycles. The highest BCUT2D eigenvalue weighted by Crippen LogP contribution is 2.25. The molecule has 1 aliphatic rings. The van der Waals surface area contributed by atoms with Crippen molar-refractivity contribution < 1.29 is 4.79 Å². The molecule has 2 heterocycles. The van der Waals surface area contributed by atoms with E-state index < -0.39 is 0 Å². The van der Waals surface area contributed by atoms with E-state index >= 15 is 0 Å². The summed E-state index contributed by atoms with van der Waals surface area (Å²) in [5.74, 6) is 0.536. The molecule has 2 N–H and O–H groups in total. The summed E-state index contributed by atoms with van der Waals surface area (Å²) in [4.78, 5) is 21.0. The predicted molar refractivity (Wildman–Crippen MR) is 61.1 cm³/mol. The van der Waals surface area contributed by atoms with Gasteiger partial charge in [0.25, 0.3) is 0 Å². The van der Waals surface area contributed by atoms with Crippen LogP contribution in [0.4, 0.5) is 11.8 Å². The van der Waals surface area contributed by atoms with Crippen LogP contribution in [0.3, 0.4) is 0 Å². The Hall–Kier alpha value is -0.880. The Morgan fingerprint density at radius 3 is 2.87 bits per heavy atom. The smallest absolute Gasteiger partial charge is 0.229 e. The van der Waals surface area contributed by atoms with Gasteiger partial charge >= 0.3 is 0 Å². The molecule has 0 spiro atoms. The zero-order valence-corrected chi connectivity index (χ0v) is 9.99.